The maximum atomic E-state index is 12.3. The molecule has 0 bridgehead atoms. The third kappa shape index (κ3) is 3.74. The molecule has 5 heteroatoms. The maximum absolute atomic E-state index is 12.3. The van der Waals surface area contributed by atoms with Crippen molar-refractivity contribution in [3.8, 4) is 0 Å². The summed E-state index contributed by atoms with van der Waals surface area (Å²) in [6, 6.07) is 16.0. The van der Waals surface area contributed by atoms with Gasteiger partial charge in [0.15, 0.2) is 5.13 Å². The predicted molar refractivity (Wildman–Crippen MR) is 102 cm³/mol. The fourth-order valence-corrected chi connectivity index (χ4v) is 3.38. The average molecular weight is 339 g/mol. The molecule has 0 unspecified atom stereocenters. The van der Waals surface area contributed by atoms with Crippen LogP contribution in [0.2, 0.25) is 0 Å². The van der Waals surface area contributed by atoms with Crippen LogP contribution in [0.4, 0.5) is 10.8 Å². The zero-order valence-corrected chi connectivity index (χ0v) is 14.9. The summed E-state index contributed by atoms with van der Waals surface area (Å²) in [5, 5.41) is 3.79. The molecule has 1 heterocycles. The summed E-state index contributed by atoms with van der Waals surface area (Å²) in [7, 11) is 1.89. The fourth-order valence-electron chi connectivity index (χ4n) is 2.46. The molecule has 0 aliphatic carbocycles. The van der Waals surface area contributed by atoms with Crippen molar-refractivity contribution in [2.45, 2.75) is 19.8 Å². The van der Waals surface area contributed by atoms with Crippen LogP contribution < -0.4 is 10.2 Å². The summed E-state index contributed by atoms with van der Waals surface area (Å²) >= 11 is 1.59. The Morgan fingerprint density at radius 1 is 1.17 bits per heavy atom. The number of carbonyl (C=O) groups excluding carboxylic acids is 1. The van der Waals surface area contributed by atoms with Gasteiger partial charge in [-0.1, -0.05) is 49.4 Å². The first-order valence-corrected chi connectivity index (χ1v) is 8.81. The minimum Gasteiger partial charge on any atom is -0.342 e. The number of likely N-dealkylation sites (N-methyl/N-ethyl adjacent to an activating group) is 1. The van der Waals surface area contributed by atoms with Crippen molar-refractivity contribution >= 4 is 38.3 Å². The highest BCUT2D eigenvalue weighted by atomic mass is 32.1. The normalized spacial score (nSPS) is 11.0. The summed E-state index contributed by atoms with van der Waals surface area (Å²) in [5.41, 5.74) is 3.05. The second-order valence-electron chi connectivity index (χ2n) is 6.15. The van der Waals surface area contributed by atoms with E-state index in [2.05, 4.69) is 36.3 Å². The van der Waals surface area contributed by atoms with E-state index in [-0.39, 0.29) is 12.5 Å². The van der Waals surface area contributed by atoms with Crippen LogP contribution in [0.15, 0.2) is 48.5 Å². The van der Waals surface area contributed by atoms with E-state index in [1.54, 1.807) is 11.3 Å². The number of para-hydroxylation sites is 1. The molecule has 0 saturated carbocycles. The highest BCUT2D eigenvalue weighted by molar-refractivity contribution is 7.22. The van der Waals surface area contributed by atoms with E-state index < -0.39 is 0 Å². The van der Waals surface area contributed by atoms with E-state index >= 15 is 0 Å². The van der Waals surface area contributed by atoms with Gasteiger partial charge in [0.1, 0.15) is 0 Å². The van der Waals surface area contributed by atoms with Crippen LogP contribution in [0.5, 0.6) is 0 Å². The number of benzene rings is 2. The minimum atomic E-state index is -0.0472. The van der Waals surface area contributed by atoms with Crippen molar-refractivity contribution in [2.24, 2.45) is 0 Å². The number of carbonyl (C=O) groups is 1. The Morgan fingerprint density at radius 3 is 2.54 bits per heavy atom. The van der Waals surface area contributed by atoms with E-state index in [0.29, 0.717) is 5.92 Å². The SMILES string of the molecule is CC(C)c1ccc(NC(=O)CN(C)c2nc3ccccc3s2)cc1. The molecule has 0 aliphatic rings. The first-order chi connectivity index (χ1) is 11.5. The monoisotopic (exact) mass is 339 g/mol. The molecule has 4 nitrogen and oxygen atoms in total. The molecule has 0 aliphatic heterocycles. The number of rotatable bonds is 5. The molecule has 124 valence electrons. The molecular weight excluding hydrogens is 318 g/mol. The van der Waals surface area contributed by atoms with Crippen molar-refractivity contribution in [2.75, 3.05) is 23.8 Å². The van der Waals surface area contributed by atoms with Crippen LogP contribution in [0.1, 0.15) is 25.3 Å². The van der Waals surface area contributed by atoms with Gasteiger partial charge in [0.2, 0.25) is 5.91 Å². The fraction of sp³-hybridized carbons (Fsp3) is 0.263. The molecule has 2 aromatic carbocycles. The summed E-state index contributed by atoms with van der Waals surface area (Å²) in [5.74, 6) is 0.439. The molecule has 24 heavy (non-hydrogen) atoms. The average Bonchev–Trinajstić information content (AvgIpc) is 2.99. The van der Waals surface area contributed by atoms with Gasteiger partial charge in [0.05, 0.1) is 16.8 Å². The number of nitrogens with zero attached hydrogens (tertiary/aromatic N) is 2. The highest BCUT2D eigenvalue weighted by Crippen LogP contribution is 2.27. The van der Waals surface area contributed by atoms with Gasteiger partial charge in [-0.25, -0.2) is 4.98 Å². The van der Waals surface area contributed by atoms with Crippen LogP contribution in [-0.2, 0) is 4.79 Å². The Bertz CT molecular complexity index is 806. The Morgan fingerprint density at radius 2 is 1.88 bits per heavy atom. The van der Waals surface area contributed by atoms with E-state index in [4.69, 9.17) is 0 Å². The number of hydrogen-bond donors (Lipinski definition) is 1. The second-order valence-corrected chi connectivity index (χ2v) is 7.15. The number of anilines is 2. The lowest BCUT2D eigenvalue weighted by Gasteiger charge is -2.15. The second kappa shape index (κ2) is 7.01. The molecule has 0 saturated heterocycles. The summed E-state index contributed by atoms with van der Waals surface area (Å²) in [4.78, 5) is 18.7. The number of amides is 1. The Labute approximate surface area is 146 Å². The highest BCUT2D eigenvalue weighted by Gasteiger charge is 2.12. The van der Waals surface area contributed by atoms with Gasteiger partial charge in [-0.15, -0.1) is 0 Å². The number of hydrogen-bond acceptors (Lipinski definition) is 4. The Kier molecular flexibility index (Phi) is 4.81. The van der Waals surface area contributed by atoms with E-state index in [0.717, 1.165) is 21.0 Å². The van der Waals surface area contributed by atoms with Crippen molar-refractivity contribution < 1.29 is 4.79 Å². The summed E-state index contributed by atoms with van der Waals surface area (Å²) < 4.78 is 1.13. The molecule has 3 aromatic rings. The lowest BCUT2D eigenvalue weighted by molar-refractivity contribution is -0.114. The van der Waals surface area contributed by atoms with Crippen LogP contribution in [0.3, 0.4) is 0 Å². The number of thiazole rings is 1. The van der Waals surface area contributed by atoms with Crippen LogP contribution in [-0.4, -0.2) is 24.5 Å². The lowest BCUT2D eigenvalue weighted by atomic mass is 10.0. The van der Waals surface area contributed by atoms with Crippen molar-refractivity contribution in [1.82, 2.24) is 4.98 Å². The van der Waals surface area contributed by atoms with Crippen LogP contribution >= 0.6 is 11.3 Å². The van der Waals surface area contributed by atoms with Gasteiger partial charge in [0.25, 0.3) is 0 Å². The van der Waals surface area contributed by atoms with Gasteiger partial charge >= 0.3 is 0 Å². The lowest BCUT2D eigenvalue weighted by Crippen LogP contribution is -2.29. The van der Waals surface area contributed by atoms with Gasteiger partial charge < -0.3 is 10.2 Å². The van der Waals surface area contributed by atoms with Gasteiger partial charge in [-0.2, -0.15) is 0 Å². The molecule has 1 amide bonds. The van der Waals surface area contributed by atoms with Crippen molar-refractivity contribution in [1.29, 1.82) is 0 Å². The maximum Gasteiger partial charge on any atom is 0.243 e. The summed E-state index contributed by atoms with van der Waals surface area (Å²) in [6.07, 6.45) is 0. The third-order valence-corrected chi connectivity index (χ3v) is 5.00. The zero-order valence-electron chi connectivity index (χ0n) is 14.1. The van der Waals surface area contributed by atoms with E-state index in [1.165, 1.54) is 5.56 Å². The Balaban J connectivity index is 1.63. The quantitative estimate of drug-likeness (QED) is 0.745. The van der Waals surface area contributed by atoms with E-state index in [1.807, 2.05) is 48.3 Å². The Hall–Kier alpha value is -2.40. The van der Waals surface area contributed by atoms with Gasteiger partial charge in [-0.05, 0) is 35.7 Å². The predicted octanol–water partition coefficient (Wildman–Crippen LogP) is 4.49. The smallest absolute Gasteiger partial charge is 0.243 e. The van der Waals surface area contributed by atoms with Crippen molar-refractivity contribution in [3.05, 3.63) is 54.1 Å². The standard InChI is InChI=1S/C19H21N3OS/c1-13(2)14-8-10-15(11-9-14)20-18(23)12-22(3)19-21-16-6-4-5-7-17(16)24-19/h4-11,13H,12H2,1-3H3,(H,20,23). The van der Waals surface area contributed by atoms with Crippen LogP contribution in [0.25, 0.3) is 10.2 Å². The van der Waals surface area contributed by atoms with Crippen molar-refractivity contribution in [3.63, 3.8) is 0 Å². The molecule has 1 aromatic heterocycles. The number of aromatic nitrogens is 1. The molecule has 0 fully saturated rings. The van der Waals surface area contributed by atoms with Crippen LogP contribution in [0, 0.1) is 0 Å². The summed E-state index contributed by atoms with van der Waals surface area (Å²) in [6.45, 7) is 4.58. The number of fused-ring (bicyclic) bond motifs is 1. The number of nitrogens with one attached hydrogen (secondary N) is 1. The molecule has 0 spiro atoms. The first-order valence-electron chi connectivity index (χ1n) is 7.99. The van der Waals surface area contributed by atoms with Gasteiger partial charge in [-0.3, -0.25) is 4.79 Å². The first kappa shape index (κ1) is 16.5. The molecule has 0 radical (unpaired) electrons. The third-order valence-electron chi connectivity index (χ3n) is 3.85. The molecule has 3 rings (SSSR count). The van der Waals surface area contributed by atoms with E-state index in [9.17, 15) is 4.79 Å². The zero-order chi connectivity index (χ0) is 17.1. The topological polar surface area (TPSA) is 45.2 Å². The minimum absolute atomic E-state index is 0.0472. The molecular formula is C19H21N3OS. The molecule has 0 atom stereocenters. The largest absolute Gasteiger partial charge is 0.342 e. The van der Waals surface area contributed by atoms with Gasteiger partial charge in [0, 0.05) is 12.7 Å². The molecule has 1 N–H and O–H groups in total.